The van der Waals surface area contributed by atoms with Crippen LogP contribution in [0, 0.1) is 5.82 Å². The molecule has 1 aromatic carbocycles. The van der Waals surface area contributed by atoms with Crippen molar-refractivity contribution in [3.63, 3.8) is 0 Å². The molecule has 0 aliphatic heterocycles. The molecule has 0 fully saturated rings. The fraction of sp³-hybridized carbons (Fsp3) is 0.375. The molecular formula is C16H19ClFN3OS. The van der Waals surface area contributed by atoms with Gasteiger partial charge >= 0.3 is 0 Å². The van der Waals surface area contributed by atoms with Crippen molar-refractivity contribution in [1.82, 2.24) is 14.7 Å². The second-order valence-electron chi connectivity index (χ2n) is 6.36. The smallest absolute Gasteiger partial charge is 0.222 e. The van der Waals surface area contributed by atoms with Gasteiger partial charge in [0.1, 0.15) is 16.1 Å². The second kappa shape index (κ2) is 6.73. The van der Waals surface area contributed by atoms with Crippen LogP contribution in [0.5, 0.6) is 0 Å². The van der Waals surface area contributed by atoms with Gasteiger partial charge in [-0.25, -0.2) is 14.4 Å². The van der Waals surface area contributed by atoms with Gasteiger partial charge in [0.15, 0.2) is 0 Å². The lowest BCUT2D eigenvalue weighted by Crippen LogP contribution is -2.50. The molecule has 0 bridgehead atoms. The van der Waals surface area contributed by atoms with Crippen LogP contribution in [0.25, 0.3) is 0 Å². The molecule has 0 saturated heterocycles. The van der Waals surface area contributed by atoms with Gasteiger partial charge in [-0.2, -0.15) is 0 Å². The van der Waals surface area contributed by atoms with Gasteiger partial charge in [0.05, 0.1) is 0 Å². The average molecular weight is 356 g/mol. The highest BCUT2D eigenvalue weighted by Crippen LogP contribution is 2.31. The topological polar surface area (TPSA) is 60.9 Å². The summed E-state index contributed by atoms with van der Waals surface area (Å²) in [6, 6.07) is 6.03. The highest BCUT2D eigenvalue weighted by molar-refractivity contribution is 7.90. The van der Waals surface area contributed by atoms with Crippen molar-refractivity contribution in [2.45, 2.75) is 38.0 Å². The molecule has 2 rings (SSSR count). The van der Waals surface area contributed by atoms with Crippen molar-refractivity contribution >= 4 is 23.0 Å². The van der Waals surface area contributed by atoms with Crippen LogP contribution in [0.15, 0.2) is 36.7 Å². The minimum absolute atomic E-state index is 0.132. The fourth-order valence-electron chi connectivity index (χ4n) is 1.98. The predicted octanol–water partition coefficient (Wildman–Crippen LogP) is 3.58. The number of hydrogen-bond acceptors (Lipinski definition) is 4. The Hall–Kier alpha value is -1.21. The lowest BCUT2D eigenvalue weighted by atomic mass is 9.87. The SMILES string of the molecule is CC(N[S@@+]([O-])C(C)(C)C)(c1ccc(F)cc1)c1cnc(Cl)nc1. The highest BCUT2D eigenvalue weighted by atomic mass is 35.5. The second-order valence-corrected chi connectivity index (χ2v) is 8.66. The highest BCUT2D eigenvalue weighted by Gasteiger charge is 2.39. The summed E-state index contributed by atoms with van der Waals surface area (Å²) >= 11 is 4.40. The third kappa shape index (κ3) is 4.20. The van der Waals surface area contributed by atoms with Crippen LogP contribution < -0.4 is 4.72 Å². The molecule has 23 heavy (non-hydrogen) atoms. The Labute approximate surface area is 143 Å². The molecular weight excluding hydrogens is 337 g/mol. The van der Waals surface area contributed by atoms with E-state index < -0.39 is 21.6 Å². The zero-order valence-electron chi connectivity index (χ0n) is 13.4. The minimum Gasteiger partial charge on any atom is -0.598 e. The lowest BCUT2D eigenvalue weighted by Gasteiger charge is -2.35. The molecule has 2 aromatic rings. The van der Waals surface area contributed by atoms with Crippen LogP contribution in [0.3, 0.4) is 0 Å². The fourth-order valence-corrected chi connectivity index (χ4v) is 2.99. The number of benzene rings is 1. The number of hydrogen-bond donors (Lipinski definition) is 1. The van der Waals surface area contributed by atoms with Gasteiger partial charge < -0.3 is 4.55 Å². The summed E-state index contributed by atoms with van der Waals surface area (Å²) in [6.07, 6.45) is 3.15. The molecule has 1 heterocycles. The summed E-state index contributed by atoms with van der Waals surface area (Å²) in [6.45, 7) is 7.48. The summed E-state index contributed by atoms with van der Waals surface area (Å²) in [4.78, 5) is 8.00. The quantitative estimate of drug-likeness (QED) is 0.672. The third-order valence-corrected chi connectivity index (χ3v) is 5.37. The van der Waals surface area contributed by atoms with E-state index in [2.05, 4.69) is 14.7 Å². The van der Waals surface area contributed by atoms with Gasteiger partial charge in [-0.15, -0.1) is 4.72 Å². The summed E-state index contributed by atoms with van der Waals surface area (Å²) < 4.78 is 28.5. The Morgan fingerprint density at radius 1 is 1.04 bits per heavy atom. The van der Waals surface area contributed by atoms with Crippen LogP contribution >= 0.6 is 11.6 Å². The van der Waals surface area contributed by atoms with E-state index in [9.17, 15) is 8.94 Å². The Morgan fingerprint density at radius 2 is 1.57 bits per heavy atom. The van der Waals surface area contributed by atoms with E-state index in [4.69, 9.17) is 11.6 Å². The van der Waals surface area contributed by atoms with Crippen molar-refractivity contribution < 1.29 is 8.94 Å². The predicted molar refractivity (Wildman–Crippen MR) is 90.9 cm³/mol. The number of halogens is 2. The number of nitrogens with zero attached hydrogens (tertiary/aromatic N) is 2. The summed E-state index contributed by atoms with van der Waals surface area (Å²) in [7, 11) is 0. The lowest BCUT2D eigenvalue weighted by molar-refractivity contribution is 0.479. The Morgan fingerprint density at radius 3 is 2.04 bits per heavy atom. The Kier molecular flexibility index (Phi) is 5.30. The summed E-state index contributed by atoms with van der Waals surface area (Å²) in [5, 5.41) is 0.132. The molecule has 124 valence electrons. The molecule has 0 aliphatic rings. The van der Waals surface area contributed by atoms with Gasteiger partial charge in [0, 0.05) is 29.3 Å². The number of aromatic nitrogens is 2. The maximum atomic E-state index is 13.3. The van der Waals surface area contributed by atoms with Crippen molar-refractivity contribution in [1.29, 1.82) is 0 Å². The Balaban J connectivity index is 2.49. The standard InChI is InChI=1S/C16H19ClFN3OS/c1-15(2,3)23(22)21-16(4,11-5-7-13(18)8-6-11)12-9-19-14(17)20-10-12/h5-10,21H,1-4H3/t16?,23-/m0/s1. The molecule has 1 aromatic heterocycles. The maximum Gasteiger partial charge on any atom is 0.222 e. The molecule has 1 unspecified atom stereocenters. The monoisotopic (exact) mass is 355 g/mol. The van der Waals surface area contributed by atoms with Crippen molar-refractivity contribution in [3.05, 3.63) is 58.9 Å². The van der Waals surface area contributed by atoms with Gasteiger partial charge in [-0.1, -0.05) is 12.1 Å². The molecule has 0 spiro atoms. The molecule has 0 aliphatic carbocycles. The van der Waals surface area contributed by atoms with Crippen LogP contribution in [0.2, 0.25) is 5.28 Å². The summed E-state index contributed by atoms with van der Waals surface area (Å²) in [5.41, 5.74) is 0.588. The zero-order chi connectivity index (χ0) is 17.3. The maximum absolute atomic E-state index is 13.3. The van der Waals surface area contributed by atoms with E-state index in [1.807, 2.05) is 27.7 Å². The molecule has 2 atom stereocenters. The van der Waals surface area contributed by atoms with Crippen molar-refractivity contribution in [2.75, 3.05) is 0 Å². The van der Waals surface area contributed by atoms with Gasteiger partial charge in [0.2, 0.25) is 5.28 Å². The molecule has 0 radical (unpaired) electrons. The van der Waals surface area contributed by atoms with E-state index >= 15 is 0 Å². The van der Waals surface area contributed by atoms with E-state index in [1.54, 1.807) is 24.5 Å². The number of rotatable bonds is 4. The minimum atomic E-state index is -1.35. The Bertz CT molecular complexity index is 613. The average Bonchev–Trinajstić information content (AvgIpc) is 2.47. The van der Waals surface area contributed by atoms with E-state index in [0.29, 0.717) is 5.56 Å². The van der Waals surface area contributed by atoms with Crippen LogP contribution in [0.4, 0.5) is 4.39 Å². The van der Waals surface area contributed by atoms with Gasteiger partial charge in [-0.05, 0) is 57.0 Å². The van der Waals surface area contributed by atoms with E-state index in [0.717, 1.165) is 5.56 Å². The van der Waals surface area contributed by atoms with Crippen molar-refractivity contribution in [3.8, 4) is 0 Å². The zero-order valence-corrected chi connectivity index (χ0v) is 15.0. The molecule has 7 heteroatoms. The largest absolute Gasteiger partial charge is 0.598 e. The first kappa shape index (κ1) is 18.1. The first-order valence-electron chi connectivity index (χ1n) is 7.07. The third-order valence-electron chi connectivity index (χ3n) is 3.47. The van der Waals surface area contributed by atoms with Crippen molar-refractivity contribution in [2.24, 2.45) is 0 Å². The first-order chi connectivity index (χ1) is 10.6. The van der Waals surface area contributed by atoms with E-state index in [-0.39, 0.29) is 11.1 Å². The first-order valence-corrected chi connectivity index (χ1v) is 8.59. The molecule has 0 amide bonds. The number of nitrogens with one attached hydrogen (secondary N) is 1. The molecule has 4 nitrogen and oxygen atoms in total. The van der Waals surface area contributed by atoms with Crippen LogP contribution in [-0.2, 0) is 16.9 Å². The normalized spacial score (nSPS) is 16.0. The molecule has 0 saturated carbocycles. The van der Waals surface area contributed by atoms with Gasteiger partial charge in [0.25, 0.3) is 0 Å². The van der Waals surface area contributed by atoms with E-state index in [1.165, 1.54) is 12.1 Å². The van der Waals surface area contributed by atoms with Crippen LogP contribution in [-0.4, -0.2) is 19.3 Å². The van der Waals surface area contributed by atoms with Gasteiger partial charge in [-0.3, -0.25) is 0 Å². The summed E-state index contributed by atoms with van der Waals surface area (Å²) in [5.74, 6) is -0.333. The molecule has 1 N–H and O–H groups in total. The van der Waals surface area contributed by atoms with Crippen LogP contribution in [0.1, 0.15) is 38.8 Å².